The predicted octanol–water partition coefficient (Wildman–Crippen LogP) is 8.07. The number of nitrogens with zero attached hydrogens (tertiary/aromatic N) is 2. The average molecular weight is 425 g/mol. The number of fused-ring (bicyclic) bond motifs is 2. The molecule has 0 aliphatic rings. The lowest BCUT2D eigenvalue weighted by molar-refractivity contribution is 0.589. The molecule has 33 heavy (non-hydrogen) atoms. The second-order valence-electron chi connectivity index (χ2n) is 7.93. The third-order valence-corrected chi connectivity index (χ3v) is 5.83. The lowest BCUT2D eigenvalue weighted by atomic mass is 9.97. The van der Waals surface area contributed by atoms with Crippen LogP contribution in [-0.2, 0) is 0 Å². The molecule has 0 N–H and O–H groups in total. The van der Waals surface area contributed by atoms with Crippen LogP contribution in [0.5, 0.6) is 0 Å². The lowest BCUT2D eigenvalue weighted by Gasteiger charge is -2.08. The van der Waals surface area contributed by atoms with E-state index in [1.807, 2.05) is 60.8 Å². The Morgan fingerprint density at radius 2 is 1.27 bits per heavy atom. The molecule has 0 bridgehead atoms. The maximum atomic E-state index is 5.97. The Kier molecular flexibility index (Phi) is 4.78. The van der Waals surface area contributed by atoms with Gasteiger partial charge in [0.1, 0.15) is 0 Å². The number of oxazole rings is 1. The van der Waals surface area contributed by atoms with Crippen molar-refractivity contribution >= 4 is 33.4 Å². The second-order valence-corrected chi connectivity index (χ2v) is 7.93. The summed E-state index contributed by atoms with van der Waals surface area (Å²) in [5.41, 5.74) is 3.95. The van der Waals surface area contributed by atoms with Crippen LogP contribution in [0.15, 0.2) is 125 Å². The Morgan fingerprint density at radius 1 is 0.636 bits per heavy atom. The first-order valence-corrected chi connectivity index (χ1v) is 10.9. The molecule has 5 aromatic carbocycles. The van der Waals surface area contributed by atoms with E-state index in [4.69, 9.17) is 9.41 Å². The van der Waals surface area contributed by atoms with Crippen molar-refractivity contribution in [2.75, 3.05) is 0 Å². The highest BCUT2D eigenvalue weighted by molar-refractivity contribution is 6.13. The average Bonchev–Trinajstić information content (AvgIpc) is 3.38. The summed E-state index contributed by atoms with van der Waals surface area (Å²) < 4.78 is 5.97. The van der Waals surface area contributed by atoms with Crippen LogP contribution in [0.2, 0.25) is 0 Å². The van der Waals surface area contributed by atoms with Crippen molar-refractivity contribution in [2.45, 2.75) is 0 Å². The molecular weight excluding hydrogens is 404 g/mol. The molecule has 3 heteroatoms. The van der Waals surface area contributed by atoms with Crippen LogP contribution < -0.4 is 0 Å². The van der Waals surface area contributed by atoms with Gasteiger partial charge in [-0.3, -0.25) is 4.99 Å². The van der Waals surface area contributed by atoms with Crippen molar-refractivity contribution in [1.82, 2.24) is 4.98 Å². The van der Waals surface area contributed by atoms with Gasteiger partial charge in [-0.2, -0.15) is 0 Å². The molecule has 0 atom stereocenters. The third kappa shape index (κ3) is 3.70. The molecule has 156 valence electrons. The third-order valence-electron chi connectivity index (χ3n) is 5.83. The van der Waals surface area contributed by atoms with Crippen LogP contribution in [0.3, 0.4) is 0 Å². The van der Waals surface area contributed by atoms with E-state index in [2.05, 4.69) is 59.6 Å². The van der Waals surface area contributed by atoms with E-state index in [0.29, 0.717) is 5.89 Å². The zero-order valence-corrected chi connectivity index (χ0v) is 17.8. The first-order chi connectivity index (χ1) is 16.3. The molecular formula is C30H20N2O. The number of aromatic nitrogens is 1. The fourth-order valence-corrected chi connectivity index (χ4v) is 4.16. The smallest absolute Gasteiger partial charge is 0.226 e. The van der Waals surface area contributed by atoms with Crippen LogP contribution in [-0.4, -0.2) is 11.2 Å². The highest BCUT2D eigenvalue weighted by Gasteiger charge is 2.09. The standard InChI is InChI=1S/C30H20N2O/c1-2-8-21(9-3-1)29-20-32-30(33-29)22-14-16-25(17-15-22)31-19-28-26-12-6-4-10-23(26)18-24-11-5-7-13-27(24)28/h1-20H. The summed E-state index contributed by atoms with van der Waals surface area (Å²) in [5.74, 6) is 1.36. The van der Waals surface area contributed by atoms with Gasteiger partial charge in [0.2, 0.25) is 5.89 Å². The fraction of sp³-hybridized carbons (Fsp3) is 0. The highest BCUT2D eigenvalue weighted by Crippen LogP contribution is 2.29. The maximum absolute atomic E-state index is 5.97. The molecule has 0 fully saturated rings. The van der Waals surface area contributed by atoms with E-state index in [-0.39, 0.29) is 0 Å². The second kappa shape index (κ2) is 8.21. The monoisotopic (exact) mass is 424 g/mol. The molecule has 1 heterocycles. The first kappa shape index (κ1) is 19.2. The molecule has 0 unspecified atom stereocenters. The Bertz CT molecular complexity index is 1540. The predicted molar refractivity (Wildman–Crippen MR) is 136 cm³/mol. The Morgan fingerprint density at radius 3 is 1.97 bits per heavy atom. The molecule has 0 saturated heterocycles. The minimum atomic E-state index is 0.601. The van der Waals surface area contributed by atoms with Gasteiger partial charge in [0, 0.05) is 22.9 Å². The van der Waals surface area contributed by atoms with Gasteiger partial charge in [0.05, 0.1) is 11.9 Å². The summed E-state index contributed by atoms with van der Waals surface area (Å²) in [6.45, 7) is 0. The van der Waals surface area contributed by atoms with Crippen LogP contribution in [0.4, 0.5) is 5.69 Å². The van der Waals surface area contributed by atoms with Crippen molar-refractivity contribution < 1.29 is 4.42 Å². The van der Waals surface area contributed by atoms with Crippen molar-refractivity contribution in [2.24, 2.45) is 4.99 Å². The normalized spacial score (nSPS) is 11.5. The Hall–Kier alpha value is -4.50. The van der Waals surface area contributed by atoms with Crippen molar-refractivity contribution in [1.29, 1.82) is 0 Å². The molecule has 0 saturated carbocycles. The number of hydrogen-bond donors (Lipinski definition) is 0. The SMILES string of the molecule is C(=Nc1ccc(-c2ncc(-c3ccccc3)o2)cc1)c1c2ccccc2cc2ccccc12. The minimum Gasteiger partial charge on any atom is -0.436 e. The Labute approximate surface area is 191 Å². The highest BCUT2D eigenvalue weighted by atomic mass is 16.4. The van der Waals surface area contributed by atoms with E-state index < -0.39 is 0 Å². The molecule has 0 spiro atoms. The van der Waals surface area contributed by atoms with Crippen LogP contribution in [0.25, 0.3) is 44.3 Å². The maximum Gasteiger partial charge on any atom is 0.226 e. The van der Waals surface area contributed by atoms with Crippen LogP contribution >= 0.6 is 0 Å². The van der Waals surface area contributed by atoms with Gasteiger partial charge in [-0.05, 0) is 51.9 Å². The first-order valence-electron chi connectivity index (χ1n) is 10.9. The van der Waals surface area contributed by atoms with Gasteiger partial charge in [-0.15, -0.1) is 0 Å². The minimum absolute atomic E-state index is 0.601. The van der Waals surface area contributed by atoms with E-state index in [9.17, 15) is 0 Å². The van der Waals surface area contributed by atoms with E-state index in [0.717, 1.165) is 28.1 Å². The lowest BCUT2D eigenvalue weighted by Crippen LogP contribution is -1.88. The summed E-state index contributed by atoms with van der Waals surface area (Å²) in [5, 5.41) is 4.83. The van der Waals surface area contributed by atoms with Gasteiger partial charge < -0.3 is 4.42 Å². The van der Waals surface area contributed by atoms with Gasteiger partial charge in [0.25, 0.3) is 0 Å². The Balaban J connectivity index is 1.32. The zero-order valence-electron chi connectivity index (χ0n) is 17.8. The summed E-state index contributed by atoms with van der Waals surface area (Å²) in [4.78, 5) is 9.24. The van der Waals surface area contributed by atoms with E-state index in [1.165, 1.54) is 21.5 Å². The van der Waals surface area contributed by atoms with Gasteiger partial charge >= 0.3 is 0 Å². The molecule has 0 aliphatic heterocycles. The summed E-state index contributed by atoms with van der Waals surface area (Å²) >= 11 is 0. The number of aliphatic imine (C=N–C) groups is 1. The molecule has 0 radical (unpaired) electrons. The van der Waals surface area contributed by atoms with Gasteiger partial charge in [-0.1, -0.05) is 78.9 Å². The number of rotatable bonds is 4. The summed E-state index contributed by atoms with van der Waals surface area (Å²) in [7, 11) is 0. The molecule has 0 amide bonds. The van der Waals surface area contributed by atoms with Gasteiger partial charge in [-0.25, -0.2) is 4.98 Å². The van der Waals surface area contributed by atoms with Crippen molar-refractivity contribution in [3.05, 3.63) is 121 Å². The van der Waals surface area contributed by atoms with E-state index >= 15 is 0 Å². The largest absolute Gasteiger partial charge is 0.436 e. The quantitative estimate of drug-likeness (QED) is 0.212. The molecule has 6 rings (SSSR count). The van der Waals surface area contributed by atoms with Crippen molar-refractivity contribution in [3.63, 3.8) is 0 Å². The van der Waals surface area contributed by atoms with E-state index in [1.54, 1.807) is 6.20 Å². The molecule has 6 aromatic rings. The molecule has 1 aromatic heterocycles. The van der Waals surface area contributed by atoms with Crippen LogP contribution in [0.1, 0.15) is 5.56 Å². The number of hydrogen-bond acceptors (Lipinski definition) is 3. The van der Waals surface area contributed by atoms with Crippen molar-refractivity contribution in [3.8, 4) is 22.8 Å². The molecule has 3 nitrogen and oxygen atoms in total. The van der Waals surface area contributed by atoms with Gasteiger partial charge in [0.15, 0.2) is 5.76 Å². The summed E-state index contributed by atoms with van der Waals surface area (Å²) in [6.07, 6.45) is 3.74. The molecule has 0 aliphatic carbocycles. The topological polar surface area (TPSA) is 38.4 Å². The number of benzene rings is 5. The van der Waals surface area contributed by atoms with Crippen LogP contribution in [0, 0.1) is 0 Å². The zero-order chi connectivity index (χ0) is 22.0. The summed E-state index contributed by atoms with van der Waals surface area (Å²) in [6, 6.07) is 37.1. The fourth-order valence-electron chi connectivity index (χ4n) is 4.16.